The molecule has 0 aromatic heterocycles. The van der Waals surface area contributed by atoms with E-state index in [0.29, 0.717) is 25.3 Å². The van der Waals surface area contributed by atoms with Gasteiger partial charge in [-0.05, 0) is 39.3 Å². The Kier molecular flexibility index (Phi) is 8.83. The molecule has 0 saturated carbocycles. The van der Waals surface area contributed by atoms with Gasteiger partial charge in [0.25, 0.3) is 0 Å². The van der Waals surface area contributed by atoms with Crippen molar-refractivity contribution < 1.29 is 27.4 Å². The first-order valence-electron chi connectivity index (χ1n) is 8.35. The van der Waals surface area contributed by atoms with Gasteiger partial charge in [-0.3, -0.25) is 4.79 Å². The number of nitrogens with one attached hydrogen (secondary N) is 2. The van der Waals surface area contributed by atoms with Crippen LogP contribution in [0.15, 0.2) is 23.1 Å². The predicted molar refractivity (Wildman–Crippen MR) is 98.0 cm³/mol. The Labute approximate surface area is 155 Å². The average molecular weight is 388 g/mol. The number of amides is 1. The second kappa shape index (κ2) is 10.3. The Hall–Kier alpha value is -1.84. The smallest absolute Gasteiger partial charge is 0.241 e. The first-order valence-corrected chi connectivity index (χ1v) is 9.83. The van der Waals surface area contributed by atoms with Crippen LogP contribution < -0.4 is 19.5 Å². The summed E-state index contributed by atoms with van der Waals surface area (Å²) in [7, 11) is -1.00. The third-order valence-corrected chi connectivity index (χ3v) is 5.00. The molecule has 0 aliphatic rings. The van der Waals surface area contributed by atoms with E-state index in [1.54, 1.807) is 0 Å². The van der Waals surface area contributed by atoms with Gasteiger partial charge in [-0.25, -0.2) is 8.42 Å². The van der Waals surface area contributed by atoms with Crippen LogP contribution in [0.3, 0.4) is 0 Å². The molecule has 0 spiro atoms. The number of rotatable bonds is 11. The Morgan fingerprint density at radius 3 is 2.35 bits per heavy atom. The molecule has 0 saturated heterocycles. The van der Waals surface area contributed by atoms with Crippen LogP contribution in [0.25, 0.3) is 0 Å². The van der Waals surface area contributed by atoms with Crippen molar-refractivity contribution in [3.63, 3.8) is 0 Å². The Morgan fingerprint density at radius 2 is 1.77 bits per heavy atom. The summed E-state index contributed by atoms with van der Waals surface area (Å²) in [5.74, 6) is 0.303. The van der Waals surface area contributed by atoms with E-state index < -0.39 is 22.0 Å². The number of ether oxygens (including phenoxy) is 3. The number of sulfonamides is 1. The molecule has 0 aliphatic heterocycles. The van der Waals surface area contributed by atoms with Gasteiger partial charge in [-0.2, -0.15) is 4.72 Å². The minimum atomic E-state index is -3.88. The quantitative estimate of drug-likeness (QED) is 0.554. The number of methoxy groups -OCH3 is 2. The summed E-state index contributed by atoms with van der Waals surface area (Å²) in [6.07, 6.45) is 0.789. The molecule has 1 amide bonds. The Balaban J connectivity index is 2.64. The summed E-state index contributed by atoms with van der Waals surface area (Å²) in [5, 5.41) is 2.68. The molecular weight excluding hydrogens is 360 g/mol. The number of benzene rings is 1. The van der Waals surface area contributed by atoms with Crippen LogP contribution in [0.5, 0.6) is 11.5 Å². The van der Waals surface area contributed by atoms with Crippen molar-refractivity contribution in [2.24, 2.45) is 0 Å². The summed E-state index contributed by atoms with van der Waals surface area (Å²) < 4.78 is 42.8. The zero-order valence-corrected chi connectivity index (χ0v) is 16.7. The Bertz CT molecular complexity index is 690. The summed E-state index contributed by atoms with van der Waals surface area (Å²) in [4.78, 5) is 12.0. The average Bonchev–Trinajstić information content (AvgIpc) is 2.59. The topological polar surface area (TPSA) is 103 Å². The number of hydrogen-bond donors (Lipinski definition) is 2. The molecule has 2 N–H and O–H groups in total. The van der Waals surface area contributed by atoms with Gasteiger partial charge in [0.05, 0.1) is 31.3 Å². The maximum absolute atomic E-state index is 12.5. The summed E-state index contributed by atoms with van der Waals surface area (Å²) in [5.41, 5.74) is 0. The predicted octanol–water partition coefficient (Wildman–Crippen LogP) is 1.30. The van der Waals surface area contributed by atoms with Crippen LogP contribution in [0.4, 0.5) is 0 Å². The summed E-state index contributed by atoms with van der Waals surface area (Å²) in [6, 6.07) is 3.30. The highest BCUT2D eigenvalue weighted by molar-refractivity contribution is 7.89. The van der Waals surface area contributed by atoms with Crippen molar-refractivity contribution in [1.29, 1.82) is 0 Å². The third-order valence-electron chi connectivity index (χ3n) is 3.46. The van der Waals surface area contributed by atoms with Crippen molar-refractivity contribution in [3.8, 4) is 11.5 Å². The van der Waals surface area contributed by atoms with Crippen molar-refractivity contribution in [2.45, 2.75) is 44.2 Å². The summed E-state index contributed by atoms with van der Waals surface area (Å²) in [6.45, 7) is 6.29. The molecule has 1 aromatic carbocycles. The molecule has 0 aliphatic carbocycles. The molecule has 0 bridgehead atoms. The van der Waals surface area contributed by atoms with Gasteiger partial charge in [0.1, 0.15) is 0 Å². The highest BCUT2D eigenvalue weighted by atomic mass is 32.2. The number of carbonyl (C=O) groups is 1. The first-order chi connectivity index (χ1) is 12.2. The highest BCUT2D eigenvalue weighted by Gasteiger charge is 2.23. The zero-order valence-electron chi connectivity index (χ0n) is 15.9. The molecule has 26 heavy (non-hydrogen) atoms. The monoisotopic (exact) mass is 388 g/mol. The van der Waals surface area contributed by atoms with E-state index in [1.807, 2.05) is 13.8 Å². The maximum atomic E-state index is 12.5. The van der Waals surface area contributed by atoms with Gasteiger partial charge in [-0.1, -0.05) is 0 Å². The van der Waals surface area contributed by atoms with Crippen LogP contribution in [-0.4, -0.2) is 53.8 Å². The fourth-order valence-corrected chi connectivity index (χ4v) is 3.31. The van der Waals surface area contributed by atoms with Crippen LogP contribution in [0, 0.1) is 0 Å². The van der Waals surface area contributed by atoms with Crippen molar-refractivity contribution in [3.05, 3.63) is 18.2 Å². The molecule has 8 nitrogen and oxygen atoms in total. The highest BCUT2D eigenvalue weighted by Crippen LogP contribution is 2.29. The lowest BCUT2D eigenvalue weighted by Crippen LogP contribution is -2.45. The summed E-state index contributed by atoms with van der Waals surface area (Å²) >= 11 is 0. The van der Waals surface area contributed by atoms with Gasteiger partial charge < -0.3 is 19.5 Å². The van der Waals surface area contributed by atoms with Crippen molar-refractivity contribution in [1.82, 2.24) is 10.0 Å². The minimum absolute atomic E-state index is 0.0138. The molecule has 148 valence electrons. The van der Waals surface area contributed by atoms with Gasteiger partial charge in [0, 0.05) is 19.2 Å². The van der Waals surface area contributed by atoms with Crippen molar-refractivity contribution >= 4 is 15.9 Å². The van der Waals surface area contributed by atoms with E-state index in [1.165, 1.54) is 39.3 Å². The molecule has 1 rings (SSSR count). The lowest BCUT2D eigenvalue weighted by molar-refractivity contribution is -0.122. The van der Waals surface area contributed by atoms with E-state index in [-0.39, 0.29) is 16.7 Å². The normalized spacial score (nSPS) is 12.7. The van der Waals surface area contributed by atoms with Crippen LogP contribution in [0.1, 0.15) is 27.2 Å². The number of carbonyl (C=O) groups excluding carboxylic acids is 1. The van der Waals surface area contributed by atoms with Crippen LogP contribution in [-0.2, 0) is 19.6 Å². The van der Waals surface area contributed by atoms with E-state index >= 15 is 0 Å². The molecular formula is C17H28N2O6S. The van der Waals surface area contributed by atoms with E-state index in [2.05, 4.69) is 10.0 Å². The minimum Gasteiger partial charge on any atom is -0.493 e. The Morgan fingerprint density at radius 1 is 1.12 bits per heavy atom. The lowest BCUT2D eigenvalue weighted by Gasteiger charge is -2.16. The first kappa shape index (κ1) is 22.2. The van der Waals surface area contributed by atoms with Crippen LogP contribution >= 0.6 is 0 Å². The van der Waals surface area contributed by atoms with Crippen LogP contribution in [0.2, 0.25) is 0 Å². The second-order valence-corrected chi connectivity index (χ2v) is 7.64. The maximum Gasteiger partial charge on any atom is 0.241 e. The van der Waals surface area contributed by atoms with Crippen molar-refractivity contribution in [2.75, 3.05) is 27.4 Å². The fraction of sp³-hybridized carbons (Fsp3) is 0.588. The van der Waals surface area contributed by atoms with Gasteiger partial charge in [-0.15, -0.1) is 0 Å². The molecule has 1 aromatic rings. The molecule has 0 fully saturated rings. The lowest BCUT2D eigenvalue weighted by atomic mass is 10.3. The van der Waals surface area contributed by atoms with Gasteiger partial charge in [0.15, 0.2) is 11.5 Å². The molecule has 0 heterocycles. The fourth-order valence-electron chi connectivity index (χ4n) is 2.09. The van der Waals surface area contributed by atoms with E-state index in [0.717, 1.165) is 0 Å². The zero-order chi connectivity index (χ0) is 19.7. The molecule has 1 atom stereocenters. The standard InChI is InChI=1S/C17H28N2O6S/c1-12(2)25-10-6-9-18-17(20)13(3)19-26(21,22)14-7-8-15(23-4)16(11-14)24-5/h7-8,11-13,19H,6,9-10H2,1-5H3,(H,18,20)/t13-/m1/s1. The molecule has 9 heteroatoms. The van der Waals surface area contributed by atoms with E-state index in [4.69, 9.17) is 14.2 Å². The van der Waals surface area contributed by atoms with E-state index in [9.17, 15) is 13.2 Å². The van der Waals surface area contributed by atoms with Gasteiger partial charge in [0.2, 0.25) is 15.9 Å². The molecule has 0 radical (unpaired) electrons. The second-order valence-electron chi connectivity index (χ2n) is 5.92. The third kappa shape index (κ3) is 6.81. The SMILES string of the molecule is COc1ccc(S(=O)(=O)N[C@H](C)C(=O)NCCCOC(C)C)cc1OC. The van der Waals surface area contributed by atoms with Gasteiger partial charge >= 0.3 is 0 Å². The number of hydrogen-bond acceptors (Lipinski definition) is 6. The largest absolute Gasteiger partial charge is 0.493 e. The molecule has 0 unspecified atom stereocenters.